The molecule has 0 radical (unpaired) electrons. The van der Waals surface area contributed by atoms with Crippen molar-refractivity contribution in [2.24, 2.45) is 0 Å². The van der Waals surface area contributed by atoms with E-state index in [-0.39, 0.29) is 5.91 Å². The molecule has 0 aliphatic rings. The predicted octanol–water partition coefficient (Wildman–Crippen LogP) is 0.135. The summed E-state index contributed by atoms with van der Waals surface area (Å²) in [5.41, 5.74) is 1.12. The van der Waals surface area contributed by atoms with E-state index in [1.54, 1.807) is 13.2 Å². The Morgan fingerprint density at radius 3 is 2.75 bits per heavy atom. The minimum atomic E-state index is -0.219. The van der Waals surface area contributed by atoms with Crippen molar-refractivity contribution < 1.29 is 9.53 Å². The number of nitrogens with zero attached hydrogens (tertiary/aromatic N) is 3. The monoisotopic (exact) mass is 281 g/mol. The lowest BCUT2D eigenvalue weighted by Gasteiger charge is -2.11. The number of amides is 1. The molecular weight excluding hydrogens is 258 g/mol. The van der Waals surface area contributed by atoms with Crippen LogP contribution in [0.15, 0.2) is 6.07 Å². The number of carbonyl (C=O) groups excluding carboxylic acids is 1. The lowest BCUT2D eigenvalue weighted by molar-refractivity contribution is 0.0932. The van der Waals surface area contributed by atoms with E-state index in [1.165, 1.54) is 0 Å². The van der Waals surface area contributed by atoms with Gasteiger partial charge in [-0.3, -0.25) is 4.79 Å². The Labute approximate surface area is 119 Å². The van der Waals surface area contributed by atoms with Crippen molar-refractivity contribution in [3.05, 3.63) is 17.5 Å². The van der Waals surface area contributed by atoms with Gasteiger partial charge in [0.05, 0.1) is 6.61 Å². The van der Waals surface area contributed by atoms with Crippen molar-refractivity contribution in [2.75, 3.05) is 52.8 Å². The van der Waals surface area contributed by atoms with Gasteiger partial charge in [0.2, 0.25) is 5.95 Å². The minimum absolute atomic E-state index is 0.219. The lowest BCUT2D eigenvalue weighted by Crippen LogP contribution is -2.28. The number of anilines is 1. The summed E-state index contributed by atoms with van der Waals surface area (Å²) in [5.74, 6) is 0.256. The number of methoxy groups -OCH3 is 1. The smallest absolute Gasteiger partial charge is 0.270 e. The third-order valence-electron chi connectivity index (χ3n) is 2.52. The van der Waals surface area contributed by atoms with Crippen LogP contribution in [0.25, 0.3) is 0 Å². The Morgan fingerprint density at radius 2 is 2.10 bits per heavy atom. The summed E-state index contributed by atoms with van der Waals surface area (Å²) in [7, 11) is 5.58. The average molecular weight is 281 g/mol. The maximum absolute atomic E-state index is 11.9. The van der Waals surface area contributed by atoms with Gasteiger partial charge in [-0.25, -0.2) is 9.97 Å². The van der Waals surface area contributed by atoms with Gasteiger partial charge >= 0.3 is 0 Å². The first-order chi connectivity index (χ1) is 9.52. The van der Waals surface area contributed by atoms with E-state index in [4.69, 9.17) is 4.74 Å². The zero-order valence-electron chi connectivity index (χ0n) is 12.6. The molecule has 1 aromatic rings. The third kappa shape index (κ3) is 5.94. The van der Waals surface area contributed by atoms with E-state index in [9.17, 15) is 4.79 Å². The number of ether oxygens (including phenoxy) is 1. The van der Waals surface area contributed by atoms with Gasteiger partial charge < -0.3 is 20.3 Å². The van der Waals surface area contributed by atoms with E-state index in [1.807, 2.05) is 21.0 Å². The van der Waals surface area contributed by atoms with Crippen LogP contribution in [0.1, 0.15) is 16.2 Å². The molecule has 20 heavy (non-hydrogen) atoms. The summed E-state index contributed by atoms with van der Waals surface area (Å²) in [6.45, 7) is 4.37. The fourth-order valence-electron chi connectivity index (χ4n) is 1.51. The molecule has 0 saturated heterocycles. The van der Waals surface area contributed by atoms with Gasteiger partial charge in [0.1, 0.15) is 5.69 Å². The molecule has 112 valence electrons. The van der Waals surface area contributed by atoms with Gasteiger partial charge in [-0.2, -0.15) is 0 Å². The van der Waals surface area contributed by atoms with Crippen molar-refractivity contribution >= 4 is 11.9 Å². The van der Waals surface area contributed by atoms with Crippen molar-refractivity contribution in [3.63, 3.8) is 0 Å². The third-order valence-corrected chi connectivity index (χ3v) is 2.52. The molecule has 7 heteroatoms. The van der Waals surface area contributed by atoms with Crippen LogP contribution in [0.2, 0.25) is 0 Å². The first kappa shape index (κ1) is 16.3. The van der Waals surface area contributed by atoms with Crippen LogP contribution >= 0.6 is 0 Å². The summed E-state index contributed by atoms with van der Waals surface area (Å²) in [4.78, 5) is 22.4. The van der Waals surface area contributed by atoms with Crippen LogP contribution in [0.4, 0.5) is 5.95 Å². The molecule has 0 saturated carbocycles. The molecule has 7 nitrogen and oxygen atoms in total. The Hall–Kier alpha value is -1.73. The minimum Gasteiger partial charge on any atom is -0.383 e. The number of nitrogens with one attached hydrogen (secondary N) is 2. The van der Waals surface area contributed by atoms with Gasteiger partial charge in [0.25, 0.3) is 5.91 Å². The first-order valence-electron chi connectivity index (χ1n) is 6.54. The zero-order valence-corrected chi connectivity index (χ0v) is 12.6. The molecule has 0 aliphatic carbocycles. The van der Waals surface area contributed by atoms with Crippen molar-refractivity contribution in [3.8, 4) is 0 Å². The van der Waals surface area contributed by atoms with Crippen LogP contribution in [-0.4, -0.2) is 68.2 Å². The Balaban J connectivity index is 2.63. The number of aromatic nitrogens is 2. The number of carbonyl (C=O) groups is 1. The molecule has 0 aromatic carbocycles. The molecule has 1 rings (SSSR count). The molecule has 0 atom stereocenters. The normalized spacial score (nSPS) is 10.7. The highest BCUT2D eigenvalue weighted by Gasteiger charge is 2.09. The number of hydrogen-bond donors (Lipinski definition) is 2. The highest BCUT2D eigenvalue weighted by Crippen LogP contribution is 2.04. The van der Waals surface area contributed by atoms with Crippen molar-refractivity contribution in [2.45, 2.75) is 6.92 Å². The summed E-state index contributed by atoms with van der Waals surface area (Å²) in [6, 6.07) is 1.67. The van der Waals surface area contributed by atoms with Crippen molar-refractivity contribution in [1.29, 1.82) is 0 Å². The van der Waals surface area contributed by atoms with Crippen LogP contribution in [0.3, 0.4) is 0 Å². The van der Waals surface area contributed by atoms with Crippen LogP contribution in [-0.2, 0) is 4.74 Å². The molecule has 0 unspecified atom stereocenters. The second-order valence-electron chi connectivity index (χ2n) is 4.70. The molecule has 0 fully saturated rings. The summed E-state index contributed by atoms with van der Waals surface area (Å²) < 4.78 is 4.89. The van der Waals surface area contributed by atoms with Crippen LogP contribution in [0, 0.1) is 6.92 Å². The fourth-order valence-corrected chi connectivity index (χ4v) is 1.51. The highest BCUT2D eigenvalue weighted by molar-refractivity contribution is 5.92. The molecule has 1 amide bonds. The molecule has 0 bridgehead atoms. The Morgan fingerprint density at radius 1 is 1.35 bits per heavy atom. The number of aryl methyl sites for hydroxylation is 1. The van der Waals surface area contributed by atoms with Crippen LogP contribution in [0.5, 0.6) is 0 Å². The van der Waals surface area contributed by atoms with Gasteiger partial charge in [0.15, 0.2) is 0 Å². The standard InChI is InChI=1S/C13H23N5O2/c1-10-9-11(12(19)14-6-8-20-4)17-13(16-10)15-5-7-18(2)3/h9H,5-8H2,1-4H3,(H,14,19)(H,15,16,17). The first-order valence-corrected chi connectivity index (χ1v) is 6.54. The van der Waals surface area contributed by atoms with E-state index in [0.717, 1.165) is 18.8 Å². The molecule has 1 aromatic heterocycles. The average Bonchev–Trinajstić information content (AvgIpc) is 2.37. The second kappa shape index (κ2) is 8.44. The van der Waals surface area contributed by atoms with E-state index >= 15 is 0 Å². The number of likely N-dealkylation sites (N-methyl/N-ethyl adjacent to an activating group) is 1. The van der Waals surface area contributed by atoms with E-state index < -0.39 is 0 Å². The van der Waals surface area contributed by atoms with Gasteiger partial charge in [-0.15, -0.1) is 0 Å². The maximum atomic E-state index is 11.9. The predicted molar refractivity (Wildman–Crippen MR) is 78.0 cm³/mol. The summed E-state index contributed by atoms with van der Waals surface area (Å²) in [5, 5.41) is 5.85. The number of hydrogen-bond acceptors (Lipinski definition) is 6. The molecule has 0 aliphatic heterocycles. The van der Waals surface area contributed by atoms with E-state index in [2.05, 4.69) is 25.5 Å². The molecule has 1 heterocycles. The maximum Gasteiger partial charge on any atom is 0.270 e. The van der Waals surface area contributed by atoms with Gasteiger partial charge in [-0.05, 0) is 27.1 Å². The zero-order chi connectivity index (χ0) is 15.0. The van der Waals surface area contributed by atoms with Gasteiger partial charge in [0, 0.05) is 32.4 Å². The van der Waals surface area contributed by atoms with E-state index in [0.29, 0.717) is 24.8 Å². The SMILES string of the molecule is COCCNC(=O)c1cc(C)nc(NCCN(C)C)n1. The van der Waals surface area contributed by atoms with Gasteiger partial charge in [-0.1, -0.05) is 0 Å². The lowest BCUT2D eigenvalue weighted by atomic mass is 10.3. The quantitative estimate of drug-likeness (QED) is 0.660. The van der Waals surface area contributed by atoms with Crippen LogP contribution < -0.4 is 10.6 Å². The molecule has 2 N–H and O–H groups in total. The topological polar surface area (TPSA) is 79.4 Å². The summed E-state index contributed by atoms with van der Waals surface area (Å²) in [6.07, 6.45) is 0. The molecular formula is C13H23N5O2. The molecule has 0 spiro atoms. The number of rotatable bonds is 8. The second-order valence-corrected chi connectivity index (χ2v) is 4.70. The fraction of sp³-hybridized carbons (Fsp3) is 0.615. The summed E-state index contributed by atoms with van der Waals surface area (Å²) >= 11 is 0. The largest absolute Gasteiger partial charge is 0.383 e. The highest BCUT2D eigenvalue weighted by atomic mass is 16.5. The van der Waals surface area contributed by atoms with Crippen molar-refractivity contribution in [1.82, 2.24) is 20.2 Å². The Kier molecular flexibility index (Phi) is 6.89. The Bertz CT molecular complexity index is 437.